The van der Waals surface area contributed by atoms with Gasteiger partial charge in [0.2, 0.25) is 5.96 Å². The first kappa shape index (κ1) is 14.6. The summed E-state index contributed by atoms with van der Waals surface area (Å²) in [6.45, 7) is 4.27. The fraction of sp³-hybridized carbons (Fsp3) is 0.909. The molecule has 1 heterocycles. The fourth-order valence-electron chi connectivity index (χ4n) is 1.67. The molecular formula is C11H24N4OS. The van der Waals surface area contributed by atoms with Crippen molar-refractivity contribution in [2.75, 3.05) is 31.3 Å². The van der Waals surface area contributed by atoms with Crippen LogP contribution in [0.3, 0.4) is 0 Å². The molecule has 1 rings (SSSR count). The summed E-state index contributed by atoms with van der Waals surface area (Å²) in [5.74, 6) is 8.60. The highest BCUT2D eigenvalue weighted by molar-refractivity contribution is 7.99. The van der Waals surface area contributed by atoms with E-state index in [2.05, 4.69) is 15.7 Å². The summed E-state index contributed by atoms with van der Waals surface area (Å²) in [6, 6.07) is 0.512. The molecule has 17 heavy (non-hydrogen) atoms. The highest BCUT2D eigenvalue weighted by Crippen LogP contribution is 2.16. The highest BCUT2D eigenvalue weighted by atomic mass is 32.2. The number of hydrazine groups is 1. The average molecular weight is 260 g/mol. The van der Waals surface area contributed by atoms with Crippen LogP contribution < -0.4 is 16.6 Å². The highest BCUT2D eigenvalue weighted by Gasteiger charge is 2.14. The van der Waals surface area contributed by atoms with Gasteiger partial charge in [-0.2, -0.15) is 11.8 Å². The molecule has 0 spiro atoms. The van der Waals surface area contributed by atoms with Crippen LogP contribution in [0.4, 0.5) is 0 Å². The summed E-state index contributed by atoms with van der Waals surface area (Å²) in [7, 11) is 0. The predicted molar refractivity (Wildman–Crippen MR) is 74.2 cm³/mol. The number of nitrogens with zero attached hydrogens (tertiary/aromatic N) is 1. The molecule has 4 N–H and O–H groups in total. The fourth-order valence-corrected chi connectivity index (χ4v) is 2.78. The summed E-state index contributed by atoms with van der Waals surface area (Å²) >= 11 is 2.01. The maximum atomic E-state index is 5.45. The van der Waals surface area contributed by atoms with Gasteiger partial charge < -0.3 is 10.1 Å². The summed E-state index contributed by atoms with van der Waals surface area (Å²) in [5.41, 5.74) is 2.63. The van der Waals surface area contributed by atoms with E-state index < -0.39 is 0 Å². The van der Waals surface area contributed by atoms with Gasteiger partial charge in [0.1, 0.15) is 0 Å². The molecule has 0 aromatic carbocycles. The molecular weight excluding hydrogens is 236 g/mol. The number of nitrogens with two attached hydrogens (primary N) is 1. The molecule has 1 saturated heterocycles. The zero-order chi connectivity index (χ0) is 12.3. The smallest absolute Gasteiger partial charge is 0.205 e. The molecule has 0 radical (unpaired) electrons. The largest absolute Gasteiger partial charge is 0.382 e. The lowest BCUT2D eigenvalue weighted by Crippen LogP contribution is -2.47. The van der Waals surface area contributed by atoms with Gasteiger partial charge >= 0.3 is 0 Å². The Bertz CT molecular complexity index is 220. The molecule has 0 aliphatic carbocycles. The lowest BCUT2D eigenvalue weighted by molar-refractivity contribution is 0.146. The van der Waals surface area contributed by atoms with Crippen LogP contribution in [-0.2, 0) is 4.74 Å². The Morgan fingerprint density at radius 1 is 1.47 bits per heavy atom. The van der Waals surface area contributed by atoms with Crippen molar-refractivity contribution in [3.05, 3.63) is 0 Å². The van der Waals surface area contributed by atoms with Crippen molar-refractivity contribution >= 4 is 17.7 Å². The first-order chi connectivity index (χ1) is 8.36. The van der Waals surface area contributed by atoms with Gasteiger partial charge in [0, 0.05) is 25.8 Å². The summed E-state index contributed by atoms with van der Waals surface area (Å²) < 4.78 is 5.25. The van der Waals surface area contributed by atoms with E-state index in [-0.39, 0.29) is 0 Å². The van der Waals surface area contributed by atoms with Crippen LogP contribution in [0.25, 0.3) is 0 Å². The molecule has 5 nitrogen and oxygen atoms in total. The molecule has 100 valence electrons. The van der Waals surface area contributed by atoms with Crippen molar-refractivity contribution in [1.29, 1.82) is 0 Å². The Kier molecular flexibility index (Phi) is 8.21. The van der Waals surface area contributed by atoms with Gasteiger partial charge in [-0.05, 0) is 37.7 Å². The van der Waals surface area contributed by atoms with Crippen molar-refractivity contribution in [2.45, 2.75) is 32.2 Å². The Balaban J connectivity index is 2.18. The Morgan fingerprint density at radius 3 is 2.88 bits per heavy atom. The first-order valence-electron chi connectivity index (χ1n) is 6.30. The topological polar surface area (TPSA) is 71.7 Å². The quantitative estimate of drug-likeness (QED) is 0.216. The van der Waals surface area contributed by atoms with Gasteiger partial charge in [-0.3, -0.25) is 10.4 Å². The Morgan fingerprint density at radius 2 is 2.24 bits per heavy atom. The molecule has 0 atom stereocenters. The number of hydrogen-bond donors (Lipinski definition) is 3. The standard InChI is InChI=1S/C11H24N4OS/c1-2-16-7-3-6-13-11(15-12)14-10-4-8-17-9-5-10/h10H,2-9,12H2,1H3,(H2,13,14,15). The van der Waals surface area contributed by atoms with Crippen molar-refractivity contribution in [2.24, 2.45) is 10.8 Å². The third-order valence-corrected chi connectivity index (χ3v) is 3.67. The van der Waals surface area contributed by atoms with Gasteiger partial charge in [-0.25, -0.2) is 5.84 Å². The van der Waals surface area contributed by atoms with Crippen molar-refractivity contribution < 1.29 is 4.74 Å². The van der Waals surface area contributed by atoms with Crippen LogP contribution in [-0.4, -0.2) is 43.3 Å². The maximum absolute atomic E-state index is 5.45. The van der Waals surface area contributed by atoms with Gasteiger partial charge in [-0.1, -0.05) is 0 Å². The molecule has 1 fully saturated rings. The predicted octanol–water partition coefficient (Wildman–Crippen LogP) is 0.718. The first-order valence-corrected chi connectivity index (χ1v) is 7.45. The molecule has 0 amide bonds. The van der Waals surface area contributed by atoms with Gasteiger partial charge in [-0.15, -0.1) is 0 Å². The van der Waals surface area contributed by atoms with Crippen molar-refractivity contribution in [3.63, 3.8) is 0 Å². The second kappa shape index (κ2) is 9.56. The van der Waals surface area contributed by atoms with Gasteiger partial charge in [0.15, 0.2) is 0 Å². The Labute approximate surface area is 108 Å². The van der Waals surface area contributed by atoms with E-state index >= 15 is 0 Å². The monoisotopic (exact) mass is 260 g/mol. The SMILES string of the molecule is CCOCCCN=C(NN)NC1CCSCC1. The Hall–Kier alpha value is -0.460. The van der Waals surface area contributed by atoms with Crippen molar-refractivity contribution in [3.8, 4) is 0 Å². The van der Waals surface area contributed by atoms with Crippen LogP contribution in [0.15, 0.2) is 4.99 Å². The van der Waals surface area contributed by atoms with Crippen LogP contribution in [0.5, 0.6) is 0 Å². The molecule has 1 aliphatic rings. The van der Waals surface area contributed by atoms with E-state index in [0.29, 0.717) is 12.0 Å². The number of guanidine groups is 1. The van der Waals surface area contributed by atoms with E-state index in [1.54, 1.807) is 0 Å². The van der Waals surface area contributed by atoms with E-state index in [4.69, 9.17) is 10.6 Å². The van der Waals surface area contributed by atoms with Crippen LogP contribution >= 0.6 is 11.8 Å². The maximum Gasteiger partial charge on any atom is 0.205 e. The molecule has 0 aromatic rings. The number of hydrogen-bond acceptors (Lipinski definition) is 4. The number of aliphatic imine (C=N–C) groups is 1. The molecule has 6 heteroatoms. The van der Waals surface area contributed by atoms with E-state index in [9.17, 15) is 0 Å². The number of thioether (sulfide) groups is 1. The molecule has 1 aliphatic heterocycles. The van der Waals surface area contributed by atoms with Crippen LogP contribution in [0.2, 0.25) is 0 Å². The molecule has 0 saturated carbocycles. The number of nitrogens with one attached hydrogen (secondary N) is 2. The number of ether oxygens (including phenoxy) is 1. The molecule has 0 unspecified atom stereocenters. The minimum absolute atomic E-state index is 0.512. The second-order valence-corrected chi connectivity index (χ2v) is 5.18. The molecule has 0 aromatic heterocycles. The third-order valence-electron chi connectivity index (χ3n) is 2.62. The van der Waals surface area contributed by atoms with E-state index in [0.717, 1.165) is 26.2 Å². The summed E-state index contributed by atoms with van der Waals surface area (Å²) in [6.07, 6.45) is 3.30. The van der Waals surface area contributed by atoms with Gasteiger partial charge in [0.05, 0.1) is 0 Å². The molecule has 0 bridgehead atoms. The van der Waals surface area contributed by atoms with Crippen LogP contribution in [0, 0.1) is 0 Å². The second-order valence-electron chi connectivity index (χ2n) is 3.96. The summed E-state index contributed by atoms with van der Waals surface area (Å²) in [5, 5.41) is 3.36. The zero-order valence-corrected chi connectivity index (χ0v) is 11.4. The lowest BCUT2D eigenvalue weighted by Gasteiger charge is -2.23. The van der Waals surface area contributed by atoms with Crippen molar-refractivity contribution in [1.82, 2.24) is 10.7 Å². The summed E-state index contributed by atoms with van der Waals surface area (Å²) in [4.78, 5) is 4.39. The minimum atomic E-state index is 0.512. The number of rotatable bonds is 6. The van der Waals surface area contributed by atoms with Gasteiger partial charge in [0.25, 0.3) is 0 Å². The van der Waals surface area contributed by atoms with E-state index in [1.807, 2.05) is 18.7 Å². The van der Waals surface area contributed by atoms with E-state index in [1.165, 1.54) is 24.3 Å². The van der Waals surface area contributed by atoms with Crippen LogP contribution in [0.1, 0.15) is 26.2 Å². The average Bonchev–Trinajstić information content (AvgIpc) is 2.38. The third kappa shape index (κ3) is 6.75. The lowest BCUT2D eigenvalue weighted by atomic mass is 10.2. The normalized spacial score (nSPS) is 18.1. The zero-order valence-electron chi connectivity index (χ0n) is 10.6. The minimum Gasteiger partial charge on any atom is -0.382 e.